The molecular formula is C25H23N3O3S. The molecule has 0 aliphatic carbocycles. The number of rotatable bonds is 4. The fraction of sp³-hybridized carbons (Fsp3) is 0.240. The number of pyridine rings is 2. The molecule has 3 aromatic heterocycles. The SMILES string of the molecule is CSc1ccc(-c2cc3nccc(-c4cccc(C(=O)N5CCOCC5C)c4)c3o2)cn1. The highest BCUT2D eigenvalue weighted by Gasteiger charge is 2.25. The van der Waals surface area contributed by atoms with Crippen LogP contribution in [0.3, 0.4) is 0 Å². The number of furan rings is 1. The summed E-state index contributed by atoms with van der Waals surface area (Å²) in [6.45, 7) is 3.76. The lowest BCUT2D eigenvalue weighted by molar-refractivity contribution is 0.00360. The van der Waals surface area contributed by atoms with E-state index >= 15 is 0 Å². The van der Waals surface area contributed by atoms with Crippen LogP contribution in [0, 0.1) is 0 Å². The van der Waals surface area contributed by atoms with Gasteiger partial charge >= 0.3 is 0 Å². The van der Waals surface area contributed by atoms with Gasteiger partial charge in [0.2, 0.25) is 0 Å². The molecule has 1 amide bonds. The van der Waals surface area contributed by atoms with Crippen molar-refractivity contribution in [3.05, 3.63) is 66.5 Å². The zero-order valence-electron chi connectivity index (χ0n) is 17.9. The number of carbonyl (C=O) groups is 1. The van der Waals surface area contributed by atoms with Crippen LogP contribution in [-0.2, 0) is 4.74 Å². The molecule has 5 rings (SSSR count). The van der Waals surface area contributed by atoms with Crippen molar-refractivity contribution >= 4 is 28.8 Å². The van der Waals surface area contributed by atoms with Crippen LogP contribution in [0.5, 0.6) is 0 Å². The first-order chi connectivity index (χ1) is 15.6. The Labute approximate surface area is 190 Å². The first kappa shape index (κ1) is 20.7. The normalized spacial score (nSPS) is 16.4. The van der Waals surface area contributed by atoms with Crippen LogP contribution in [0.4, 0.5) is 0 Å². The van der Waals surface area contributed by atoms with Gasteiger partial charge in [0.25, 0.3) is 5.91 Å². The van der Waals surface area contributed by atoms with E-state index in [0.717, 1.165) is 33.0 Å². The van der Waals surface area contributed by atoms with Crippen molar-refractivity contribution in [2.24, 2.45) is 0 Å². The Balaban J connectivity index is 1.51. The third-order valence-corrected chi connectivity index (χ3v) is 6.35. The summed E-state index contributed by atoms with van der Waals surface area (Å²) in [5, 5.41) is 0.958. The highest BCUT2D eigenvalue weighted by Crippen LogP contribution is 2.34. The lowest BCUT2D eigenvalue weighted by Gasteiger charge is -2.33. The molecule has 4 heterocycles. The summed E-state index contributed by atoms with van der Waals surface area (Å²) in [6.07, 6.45) is 5.58. The Hall–Kier alpha value is -3.16. The van der Waals surface area contributed by atoms with Gasteiger partial charge in [-0.2, -0.15) is 0 Å². The van der Waals surface area contributed by atoms with Crippen molar-refractivity contribution in [1.29, 1.82) is 0 Å². The number of hydrogen-bond donors (Lipinski definition) is 0. The molecule has 7 heteroatoms. The van der Waals surface area contributed by atoms with Gasteiger partial charge in [0.1, 0.15) is 11.3 Å². The van der Waals surface area contributed by atoms with Crippen molar-refractivity contribution in [3.8, 4) is 22.5 Å². The number of benzene rings is 1. The predicted octanol–water partition coefficient (Wildman–Crippen LogP) is 5.14. The second-order valence-corrected chi connectivity index (χ2v) is 8.60. The summed E-state index contributed by atoms with van der Waals surface area (Å²) in [5.41, 5.74) is 4.84. The van der Waals surface area contributed by atoms with Gasteiger partial charge in [-0.1, -0.05) is 12.1 Å². The molecule has 1 aliphatic heterocycles. The van der Waals surface area contributed by atoms with Gasteiger partial charge in [-0.25, -0.2) is 4.98 Å². The van der Waals surface area contributed by atoms with E-state index in [1.54, 1.807) is 18.0 Å². The molecule has 1 saturated heterocycles. The number of ether oxygens (including phenoxy) is 1. The average Bonchev–Trinajstić information content (AvgIpc) is 3.28. The van der Waals surface area contributed by atoms with E-state index in [2.05, 4.69) is 9.97 Å². The van der Waals surface area contributed by atoms with Gasteiger partial charge in [0, 0.05) is 41.7 Å². The van der Waals surface area contributed by atoms with E-state index in [0.29, 0.717) is 30.9 Å². The van der Waals surface area contributed by atoms with E-state index in [4.69, 9.17) is 9.15 Å². The van der Waals surface area contributed by atoms with Crippen LogP contribution in [0.1, 0.15) is 17.3 Å². The first-order valence-electron chi connectivity index (χ1n) is 10.5. The van der Waals surface area contributed by atoms with Gasteiger partial charge in [0.05, 0.1) is 24.3 Å². The van der Waals surface area contributed by atoms with Crippen molar-refractivity contribution in [2.75, 3.05) is 26.0 Å². The van der Waals surface area contributed by atoms with E-state index in [9.17, 15) is 4.79 Å². The number of carbonyl (C=O) groups excluding carboxylic acids is 1. The molecule has 6 nitrogen and oxygen atoms in total. The summed E-state index contributed by atoms with van der Waals surface area (Å²) in [4.78, 5) is 23.9. The summed E-state index contributed by atoms with van der Waals surface area (Å²) in [7, 11) is 0. The maximum atomic E-state index is 13.1. The fourth-order valence-corrected chi connectivity index (χ4v) is 4.33. The van der Waals surface area contributed by atoms with Gasteiger partial charge in [-0.05, 0) is 49.1 Å². The Bertz CT molecular complexity index is 1270. The van der Waals surface area contributed by atoms with E-state index in [-0.39, 0.29) is 11.9 Å². The van der Waals surface area contributed by atoms with E-state index < -0.39 is 0 Å². The van der Waals surface area contributed by atoms with Gasteiger partial charge in [-0.3, -0.25) is 9.78 Å². The maximum absolute atomic E-state index is 13.1. The quantitative estimate of drug-likeness (QED) is 0.405. The second kappa shape index (κ2) is 8.76. The number of fused-ring (bicyclic) bond motifs is 1. The molecule has 1 atom stereocenters. The molecule has 0 radical (unpaired) electrons. The molecule has 1 unspecified atom stereocenters. The minimum atomic E-state index is 0.0213. The number of amides is 1. The largest absolute Gasteiger partial charge is 0.454 e. The molecule has 0 saturated carbocycles. The van der Waals surface area contributed by atoms with Crippen molar-refractivity contribution in [2.45, 2.75) is 18.0 Å². The molecule has 0 N–H and O–H groups in total. The molecule has 162 valence electrons. The van der Waals surface area contributed by atoms with Crippen LogP contribution in [0.25, 0.3) is 33.6 Å². The summed E-state index contributed by atoms with van der Waals surface area (Å²) >= 11 is 1.60. The van der Waals surface area contributed by atoms with Crippen molar-refractivity contribution < 1.29 is 13.9 Å². The summed E-state index contributed by atoms with van der Waals surface area (Å²) in [6, 6.07) is 15.6. The lowest BCUT2D eigenvalue weighted by Crippen LogP contribution is -2.47. The van der Waals surface area contributed by atoms with Crippen LogP contribution in [0.2, 0.25) is 0 Å². The predicted molar refractivity (Wildman–Crippen MR) is 126 cm³/mol. The average molecular weight is 446 g/mol. The molecule has 0 bridgehead atoms. The number of aromatic nitrogens is 2. The minimum absolute atomic E-state index is 0.0213. The first-order valence-corrected chi connectivity index (χ1v) is 11.7. The van der Waals surface area contributed by atoms with Crippen LogP contribution in [0.15, 0.2) is 70.4 Å². The number of thioether (sulfide) groups is 1. The van der Waals surface area contributed by atoms with Gasteiger partial charge in [0.15, 0.2) is 5.58 Å². The molecule has 1 aliphatic rings. The molecule has 1 fully saturated rings. The smallest absolute Gasteiger partial charge is 0.254 e. The maximum Gasteiger partial charge on any atom is 0.254 e. The third kappa shape index (κ3) is 3.89. The highest BCUT2D eigenvalue weighted by molar-refractivity contribution is 7.98. The Morgan fingerprint density at radius 3 is 2.81 bits per heavy atom. The number of hydrogen-bond acceptors (Lipinski definition) is 6. The number of morpholine rings is 1. The highest BCUT2D eigenvalue weighted by atomic mass is 32.2. The minimum Gasteiger partial charge on any atom is -0.454 e. The molecule has 0 spiro atoms. The lowest BCUT2D eigenvalue weighted by atomic mass is 10.0. The van der Waals surface area contributed by atoms with Gasteiger partial charge in [-0.15, -0.1) is 11.8 Å². The topological polar surface area (TPSA) is 68.5 Å². The van der Waals surface area contributed by atoms with Crippen LogP contribution in [-0.4, -0.2) is 52.8 Å². The van der Waals surface area contributed by atoms with E-state index in [1.807, 2.05) is 72.8 Å². The standard InChI is InChI=1S/C25H23N3O3S/c1-16-15-30-11-10-28(16)25(29)18-5-3-4-17(12-18)20-8-9-26-21-13-22(31-24(20)21)19-6-7-23(32-2)27-14-19/h3-9,12-14,16H,10-11,15H2,1-2H3. The zero-order valence-corrected chi connectivity index (χ0v) is 18.8. The Kier molecular flexibility index (Phi) is 5.68. The Morgan fingerprint density at radius 2 is 2.03 bits per heavy atom. The molecular weight excluding hydrogens is 422 g/mol. The summed E-state index contributed by atoms with van der Waals surface area (Å²) < 4.78 is 11.7. The molecule has 4 aromatic rings. The molecule has 32 heavy (non-hydrogen) atoms. The Morgan fingerprint density at radius 1 is 1.12 bits per heavy atom. The third-order valence-electron chi connectivity index (χ3n) is 5.69. The van der Waals surface area contributed by atoms with E-state index in [1.165, 1.54) is 0 Å². The summed E-state index contributed by atoms with van der Waals surface area (Å²) in [5.74, 6) is 0.738. The van der Waals surface area contributed by atoms with Crippen LogP contribution < -0.4 is 0 Å². The number of nitrogens with zero attached hydrogens (tertiary/aromatic N) is 3. The monoisotopic (exact) mass is 445 g/mol. The van der Waals surface area contributed by atoms with Crippen molar-refractivity contribution in [3.63, 3.8) is 0 Å². The van der Waals surface area contributed by atoms with Gasteiger partial charge < -0.3 is 14.1 Å². The van der Waals surface area contributed by atoms with Crippen LogP contribution >= 0.6 is 11.8 Å². The second-order valence-electron chi connectivity index (χ2n) is 7.78. The zero-order chi connectivity index (χ0) is 22.1. The molecule has 1 aromatic carbocycles. The fourth-order valence-electron chi connectivity index (χ4n) is 3.97. The van der Waals surface area contributed by atoms with Crippen molar-refractivity contribution in [1.82, 2.24) is 14.9 Å².